The molecule has 0 aliphatic carbocycles. The maximum Gasteiger partial charge on any atom is 0.240 e. The van der Waals surface area contributed by atoms with Crippen LogP contribution in [0.3, 0.4) is 0 Å². The summed E-state index contributed by atoms with van der Waals surface area (Å²) in [5.41, 5.74) is 5.11. The molecule has 1 aliphatic rings. The van der Waals surface area contributed by atoms with Gasteiger partial charge in [-0.15, -0.1) is 12.4 Å². The van der Waals surface area contributed by atoms with Gasteiger partial charge in [0.2, 0.25) is 15.9 Å². The van der Waals surface area contributed by atoms with Crippen molar-refractivity contribution in [3.63, 3.8) is 0 Å². The predicted octanol–water partition coefficient (Wildman–Crippen LogP) is 0.0108. The second-order valence-corrected chi connectivity index (χ2v) is 7.00. The number of nitrogens with two attached hydrogens (primary N) is 1. The van der Waals surface area contributed by atoms with Crippen molar-refractivity contribution in [1.29, 1.82) is 0 Å². The maximum atomic E-state index is 12.0. The Morgan fingerprint density at radius 3 is 2.39 bits per heavy atom. The minimum absolute atomic E-state index is 0. The topological polar surface area (TPSA) is 111 Å². The van der Waals surface area contributed by atoms with E-state index in [2.05, 4.69) is 10.0 Å². The minimum Gasteiger partial charge on any atom is -0.381 e. The van der Waals surface area contributed by atoms with Gasteiger partial charge in [-0.25, -0.2) is 13.1 Å². The molecule has 1 aromatic rings. The lowest BCUT2D eigenvalue weighted by molar-refractivity contribution is -0.129. The Hall–Kier alpha value is -1.19. The molecule has 1 aromatic carbocycles. The van der Waals surface area contributed by atoms with Crippen molar-refractivity contribution in [3.05, 3.63) is 30.3 Å². The molecule has 1 amide bonds. The number of carbonyl (C=O) groups excluding carboxylic acids is 1. The van der Waals surface area contributed by atoms with Gasteiger partial charge in [0.15, 0.2) is 0 Å². The Labute approximate surface area is 142 Å². The molecule has 1 fully saturated rings. The summed E-state index contributed by atoms with van der Waals surface area (Å²) in [7, 11) is -3.55. The van der Waals surface area contributed by atoms with E-state index in [1.165, 1.54) is 12.1 Å². The van der Waals surface area contributed by atoms with Crippen molar-refractivity contribution in [2.24, 2.45) is 5.73 Å². The molecule has 4 N–H and O–H groups in total. The second kappa shape index (κ2) is 8.60. The summed E-state index contributed by atoms with van der Waals surface area (Å²) in [6.45, 7) is 1.22. The largest absolute Gasteiger partial charge is 0.381 e. The Balaban J connectivity index is 0.00000264. The zero-order chi connectivity index (χ0) is 16.1. The molecule has 1 heterocycles. The first-order chi connectivity index (χ1) is 10.4. The third-order valence-electron chi connectivity index (χ3n) is 3.59. The van der Waals surface area contributed by atoms with E-state index in [1.54, 1.807) is 18.2 Å². The Morgan fingerprint density at radius 1 is 1.17 bits per heavy atom. The standard InChI is InChI=1S/C14H21N3O4S.ClH/c15-14(6-10-21-11-7-14)13(18)16-8-9-17-22(19,20)12-4-2-1-3-5-12;/h1-5,17H,6-11,15H2,(H,16,18);1H. The highest BCUT2D eigenvalue weighted by Crippen LogP contribution is 2.17. The van der Waals surface area contributed by atoms with E-state index in [9.17, 15) is 13.2 Å². The van der Waals surface area contributed by atoms with E-state index in [4.69, 9.17) is 10.5 Å². The molecule has 7 nitrogen and oxygen atoms in total. The van der Waals surface area contributed by atoms with Gasteiger partial charge in [-0.1, -0.05) is 18.2 Å². The van der Waals surface area contributed by atoms with Crippen molar-refractivity contribution in [1.82, 2.24) is 10.0 Å². The van der Waals surface area contributed by atoms with E-state index in [0.29, 0.717) is 26.1 Å². The van der Waals surface area contributed by atoms with Gasteiger partial charge in [-0.05, 0) is 25.0 Å². The summed E-state index contributed by atoms with van der Waals surface area (Å²) in [5.74, 6) is -0.269. The number of ether oxygens (including phenoxy) is 1. The lowest BCUT2D eigenvalue weighted by Crippen LogP contribution is -2.57. The van der Waals surface area contributed by atoms with Crippen molar-refractivity contribution in [2.75, 3.05) is 26.3 Å². The number of amides is 1. The van der Waals surface area contributed by atoms with Crippen LogP contribution in [-0.4, -0.2) is 46.2 Å². The molecule has 23 heavy (non-hydrogen) atoms. The van der Waals surface area contributed by atoms with Gasteiger partial charge < -0.3 is 15.8 Å². The average Bonchev–Trinajstić information content (AvgIpc) is 2.53. The molecule has 0 spiro atoms. The fourth-order valence-corrected chi connectivity index (χ4v) is 3.24. The van der Waals surface area contributed by atoms with Gasteiger partial charge in [0.1, 0.15) is 0 Å². The number of rotatable bonds is 6. The highest BCUT2D eigenvalue weighted by Gasteiger charge is 2.35. The molecular weight excluding hydrogens is 342 g/mol. The molecule has 0 radical (unpaired) electrons. The van der Waals surface area contributed by atoms with E-state index in [-0.39, 0.29) is 36.3 Å². The quantitative estimate of drug-likeness (QED) is 0.617. The fourth-order valence-electron chi connectivity index (χ4n) is 2.18. The summed E-state index contributed by atoms with van der Waals surface area (Å²) < 4.78 is 31.6. The Kier molecular flexibility index (Phi) is 7.43. The highest BCUT2D eigenvalue weighted by molar-refractivity contribution is 7.89. The van der Waals surface area contributed by atoms with Gasteiger partial charge in [0, 0.05) is 26.3 Å². The van der Waals surface area contributed by atoms with Gasteiger partial charge in [0.25, 0.3) is 0 Å². The third-order valence-corrected chi connectivity index (χ3v) is 5.07. The number of benzene rings is 1. The number of halogens is 1. The lowest BCUT2D eigenvalue weighted by Gasteiger charge is -2.31. The van der Waals surface area contributed by atoms with Crippen LogP contribution in [-0.2, 0) is 19.6 Å². The summed E-state index contributed by atoms with van der Waals surface area (Å²) in [6.07, 6.45) is 0.934. The van der Waals surface area contributed by atoms with Crippen molar-refractivity contribution < 1.29 is 17.9 Å². The van der Waals surface area contributed by atoms with Gasteiger partial charge in [0.05, 0.1) is 10.4 Å². The zero-order valence-corrected chi connectivity index (χ0v) is 14.3. The van der Waals surface area contributed by atoms with Crippen LogP contribution in [0, 0.1) is 0 Å². The molecule has 0 unspecified atom stereocenters. The van der Waals surface area contributed by atoms with Gasteiger partial charge in [-0.3, -0.25) is 4.79 Å². The molecule has 2 rings (SSSR count). The van der Waals surface area contributed by atoms with Gasteiger partial charge >= 0.3 is 0 Å². The zero-order valence-electron chi connectivity index (χ0n) is 12.7. The van der Waals surface area contributed by atoms with E-state index in [0.717, 1.165) is 0 Å². The van der Waals surface area contributed by atoms with Crippen LogP contribution < -0.4 is 15.8 Å². The van der Waals surface area contributed by atoms with Crippen LogP contribution in [0.2, 0.25) is 0 Å². The lowest BCUT2D eigenvalue weighted by atomic mass is 9.90. The van der Waals surface area contributed by atoms with E-state index in [1.807, 2.05) is 0 Å². The summed E-state index contributed by atoms with van der Waals surface area (Å²) >= 11 is 0. The minimum atomic E-state index is -3.55. The molecule has 130 valence electrons. The van der Waals surface area contributed by atoms with Crippen LogP contribution in [0.5, 0.6) is 0 Å². The number of sulfonamides is 1. The van der Waals surface area contributed by atoms with Crippen LogP contribution >= 0.6 is 12.4 Å². The van der Waals surface area contributed by atoms with Crippen LogP contribution in [0.15, 0.2) is 35.2 Å². The monoisotopic (exact) mass is 363 g/mol. The summed E-state index contributed by atoms with van der Waals surface area (Å²) in [5, 5.41) is 2.67. The molecular formula is C14H22ClN3O4S. The SMILES string of the molecule is Cl.NC1(C(=O)NCCNS(=O)(=O)c2ccccc2)CCOCC1. The molecule has 0 atom stereocenters. The van der Waals surface area contributed by atoms with Crippen LogP contribution in [0.25, 0.3) is 0 Å². The molecule has 1 saturated heterocycles. The number of nitrogens with one attached hydrogen (secondary N) is 2. The Morgan fingerprint density at radius 2 is 1.78 bits per heavy atom. The first-order valence-corrected chi connectivity index (χ1v) is 8.62. The van der Waals surface area contributed by atoms with Crippen LogP contribution in [0.4, 0.5) is 0 Å². The maximum absolute atomic E-state index is 12.0. The first kappa shape index (κ1) is 19.9. The smallest absolute Gasteiger partial charge is 0.240 e. The van der Waals surface area contributed by atoms with Gasteiger partial charge in [-0.2, -0.15) is 0 Å². The Bertz CT molecular complexity index is 604. The molecule has 0 saturated carbocycles. The predicted molar refractivity (Wildman–Crippen MR) is 88.9 cm³/mol. The van der Waals surface area contributed by atoms with E-state index >= 15 is 0 Å². The number of carbonyl (C=O) groups is 1. The normalized spacial score (nSPS) is 17.1. The van der Waals surface area contributed by atoms with Crippen LogP contribution in [0.1, 0.15) is 12.8 Å². The van der Waals surface area contributed by atoms with Crippen molar-refractivity contribution in [3.8, 4) is 0 Å². The fraction of sp³-hybridized carbons (Fsp3) is 0.500. The van der Waals surface area contributed by atoms with Crippen molar-refractivity contribution >= 4 is 28.3 Å². The summed E-state index contributed by atoms with van der Waals surface area (Å²) in [6, 6.07) is 8.07. The first-order valence-electron chi connectivity index (χ1n) is 7.14. The van der Waals surface area contributed by atoms with E-state index < -0.39 is 15.6 Å². The number of hydrogen-bond acceptors (Lipinski definition) is 5. The molecule has 9 heteroatoms. The highest BCUT2D eigenvalue weighted by atomic mass is 35.5. The number of hydrogen-bond donors (Lipinski definition) is 3. The molecule has 1 aliphatic heterocycles. The average molecular weight is 364 g/mol. The molecule has 0 aromatic heterocycles. The molecule has 0 bridgehead atoms. The summed E-state index contributed by atoms with van der Waals surface area (Å²) in [4.78, 5) is 12.2. The van der Waals surface area contributed by atoms with Crippen molar-refractivity contribution in [2.45, 2.75) is 23.3 Å². The second-order valence-electron chi connectivity index (χ2n) is 5.24. The third kappa shape index (κ3) is 5.43.